The van der Waals surface area contributed by atoms with Crippen molar-refractivity contribution in [3.8, 4) is 5.75 Å². The molecule has 3 aromatic rings. The SMILES string of the molecule is CCc1nc2ccccc2c(C(=O)Nc2cc(Cl)ccc2OC)c1C. The average Bonchev–Trinajstić information content (AvgIpc) is 2.61. The van der Waals surface area contributed by atoms with E-state index < -0.39 is 0 Å². The van der Waals surface area contributed by atoms with Gasteiger partial charge in [-0.3, -0.25) is 9.78 Å². The summed E-state index contributed by atoms with van der Waals surface area (Å²) in [6.07, 6.45) is 0.761. The maximum absolute atomic E-state index is 13.1. The van der Waals surface area contributed by atoms with E-state index in [1.807, 2.05) is 38.1 Å². The van der Waals surface area contributed by atoms with Gasteiger partial charge in [-0.2, -0.15) is 0 Å². The van der Waals surface area contributed by atoms with Crippen molar-refractivity contribution >= 4 is 34.1 Å². The van der Waals surface area contributed by atoms with Crippen molar-refractivity contribution in [2.24, 2.45) is 0 Å². The first-order valence-electron chi connectivity index (χ1n) is 8.08. The van der Waals surface area contributed by atoms with E-state index in [1.165, 1.54) is 0 Å². The van der Waals surface area contributed by atoms with E-state index in [9.17, 15) is 4.79 Å². The summed E-state index contributed by atoms with van der Waals surface area (Å²) in [6.45, 7) is 3.97. The number of aryl methyl sites for hydroxylation is 1. The fourth-order valence-electron chi connectivity index (χ4n) is 2.96. The zero-order valence-electron chi connectivity index (χ0n) is 14.4. The molecule has 1 amide bonds. The van der Waals surface area contributed by atoms with Crippen LogP contribution >= 0.6 is 11.6 Å². The van der Waals surface area contributed by atoms with Gasteiger partial charge < -0.3 is 10.1 Å². The number of carbonyl (C=O) groups is 1. The Morgan fingerprint density at radius 2 is 2.00 bits per heavy atom. The Hall–Kier alpha value is -2.59. The van der Waals surface area contributed by atoms with Crippen molar-refractivity contribution in [3.05, 3.63) is 64.3 Å². The summed E-state index contributed by atoms with van der Waals surface area (Å²) in [5.74, 6) is 0.357. The number of rotatable bonds is 4. The van der Waals surface area contributed by atoms with Gasteiger partial charge in [-0.15, -0.1) is 0 Å². The molecule has 0 atom stereocenters. The molecule has 0 saturated carbocycles. The molecule has 1 heterocycles. The highest BCUT2D eigenvalue weighted by Crippen LogP contribution is 2.30. The van der Waals surface area contributed by atoms with Crippen LogP contribution in [-0.2, 0) is 6.42 Å². The van der Waals surface area contributed by atoms with E-state index in [1.54, 1.807) is 25.3 Å². The highest BCUT2D eigenvalue weighted by atomic mass is 35.5. The van der Waals surface area contributed by atoms with Crippen LogP contribution in [0.3, 0.4) is 0 Å². The number of nitrogens with one attached hydrogen (secondary N) is 1. The molecule has 0 radical (unpaired) electrons. The summed E-state index contributed by atoms with van der Waals surface area (Å²) in [5, 5.41) is 4.29. The van der Waals surface area contributed by atoms with Gasteiger partial charge >= 0.3 is 0 Å². The van der Waals surface area contributed by atoms with Crippen molar-refractivity contribution in [3.63, 3.8) is 0 Å². The lowest BCUT2D eigenvalue weighted by molar-refractivity contribution is 0.102. The number of halogens is 1. The number of anilines is 1. The van der Waals surface area contributed by atoms with E-state index in [0.29, 0.717) is 22.0 Å². The largest absolute Gasteiger partial charge is 0.495 e. The number of para-hydroxylation sites is 1. The standard InChI is InChI=1S/C20H19ClN2O2/c1-4-15-12(2)19(14-7-5-6-8-16(14)22-15)20(24)23-17-11-13(21)9-10-18(17)25-3/h5-11H,4H2,1-3H3,(H,23,24). The number of carbonyl (C=O) groups excluding carboxylic acids is 1. The molecule has 0 saturated heterocycles. The molecule has 0 spiro atoms. The topological polar surface area (TPSA) is 51.2 Å². The van der Waals surface area contributed by atoms with Crippen molar-refractivity contribution in [1.82, 2.24) is 4.98 Å². The van der Waals surface area contributed by atoms with Crippen LogP contribution in [0.15, 0.2) is 42.5 Å². The lowest BCUT2D eigenvalue weighted by atomic mass is 9.99. The molecular formula is C20H19ClN2O2. The van der Waals surface area contributed by atoms with E-state index in [4.69, 9.17) is 16.3 Å². The van der Waals surface area contributed by atoms with Crippen LogP contribution in [0.25, 0.3) is 10.9 Å². The van der Waals surface area contributed by atoms with E-state index in [0.717, 1.165) is 28.6 Å². The normalized spacial score (nSPS) is 10.7. The van der Waals surface area contributed by atoms with Crippen molar-refractivity contribution in [2.75, 3.05) is 12.4 Å². The second kappa shape index (κ2) is 7.11. The fraction of sp³-hybridized carbons (Fsp3) is 0.200. The minimum atomic E-state index is -0.202. The Kier molecular flexibility index (Phi) is 4.91. The summed E-state index contributed by atoms with van der Waals surface area (Å²) in [6, 6.07) is 12.8. The molecule has 5 heteroatoms. The van der Waals surface area contributed by atoms with Gasteiger partial charge in [0.1, 0.15) is 5.75 Å². The minimum Gasteiger partial charge on any atom is -0.495 e. The highest BCUT2D eigenvalue weighted by Gasteiger charge is 2.18. The quantitative estimate of drug-likeness (QED) is 0.715. The molecule has 0 aliphatic heterocycles. The second-order valence-corrected chi connectivity index (χ2v) is 6.16. The zero-order chi connectivity index (χ0) is 18.0. The van der Waals surface area contributed by atoms with Crippen LogP contribution in [-0.4, -0.2) is 18.0 Å². The smallest absolute Gasteiger partial charge is 0.256 e. The van der Waals surface area contributed by atoms with E-state index in [2.05, 4.69) is 10.3 Å². The summed E-state index contributed by atoms with van der Waals surface area (Å²) < 4.78 is 5.31. The third kappa shape index (κ3) is 3.30. The zero-order valence-corrected chi connectivity index (χ0v) is 15.1. The predicted molar refractivity (Wildman–Crippen MR) is 102 cm³/mol. The lowest BCUT2D eigenvalue weighted by Crippen LogP contribution is -2.16. The molecule has 0 unspecified atom stereocenters. The van der Waals surface area contributed by atoms with Crippen LogP contribution < -0.4 is 10.1 Å². The van der Waals surface area contributed by atoms with Gasteiger partial charge in [0, 0.05) is 16.1 Å². The summed E-state index contributed by atoms with van der Waals surface area (Å²) in [5.41, 5.74) is 3.79. The fourth-order valence-corrected chi connectivity index (χ4v) is 3.13. The molecule has 25 heavy (non-hydrogen) atoms. The maximum Gasteiger partial charge on any atom is 0.256 e. The third-order valence-electron chi connectivity index (χ3n) is 4.21. The number of ether oxygens (including phenoxy) is 1. The molecule has 0 bridgehead atoms. The monoisotopic (exact) mass is 354 g/mol. The molecule has 2 aromatic carbocycles. The molecule has 0 aliphatic carbocycles. The van der Waals surface area contributed by atoms with Gasteiger partial charge in [-0.25, -0.2) is 0 Å². The van der Waals surface area contributed by atoms with Gasteiger partial charge in [0.25, 0.3) is 5.91 Å². The maximum atomic E-state index is 13.1. The summed E-state index contributed by atoms with van der Waals surface area (Å²) in [7, 11) is 1.56. The van der Waals surface area contributed by atoms with Crippen LogP contribution in [0.1, 0.15) is 28.5 Å². The van der Waals surface area contributed by atoms with Gasteiger partial charge in [0.2, 0.25) is 0 Å². The number of methoxy groups -OCH3 is 1. The Morgan fingerprint density at radius 1 is 1.24 bits per heavy atom. The Labute approximate surface area is 151 Å². The first kappa shape index (κ1) is 17.2. The molecule has 4 nitrogen and oxygen atoms in total. The van der Waals surface area contributed by atoms with Gasteiger partial charge in [-0.1, -0.05) is 36.7 Å². The number of hydrogen-bond acceptors (Lipinski definition) is 3. The number of fused-ring (bicyclic) bond motifs is 1. The summed E-state index contributed by atoms with van der Waals surface area (Å²) in [4.78, 5) is 17.7. The van der Waals surface area contributed by atoms with Crippen LogP contribution in [0.2, 0.25) is 5.02 Å². The molecule has 1 N–H and O–H groups in total. The van der Waals surface area contributed by atoms with Gasteiger partial charge in [-0.05, 0) is 43.2 Å². The molecule has 0 fully saturated rings. The molecular weight excluding hydrogens is 336 g/mol. The summed E-state index contributed by atoms with van der Waals surface area (Å²) >= 11 is 6.06. The first-order valence-corrected chi connectivity index (χ1v) is 8.46. The average molecular weight is 355 g/mol. The first-order chi connectivity index (χ1) is 12.0. The van der Waals surface area contributed by atoms with Gasteiger partial charge in [0.05, 0.1) is 23.9 Å². The lowest BCUT2D eigenvalue weighted by Gasteiger charge is -2.15. The predicted octanol–water partition coefficient (Wildman–Crippen LogP) is 5.02. The van der Waals surface area contributed by atoms with Crippen molar-refractivity contribution < 1.29 is 9.53 Å². The number of benzene rings is 2. The second-order valence-electron chi connectivity index (χ2n) is 5.73. The Bertz CT molecular complexity index is 954. The Morgan fingerprint density at radius 3 is 2.72 bits per heavy atom. The van der Waals surface area contributed by atoms with Crippen molar-refractivity contribution in [1.29, 1.82) is 0 Å². The number of amides is 1. The van der Waals surface area contributed by atoms with Gasteiger partial charge in [0.15, 0.2) is 0 Å². The van der Waals surface area contributed by atoms with E-state index >= 15 is 0 Å². The number of nitrogens with zero attached hydrogens (tertiary/aromatic N) is 1. The molecule has 0 aliphatic rings. The third-order valence-corrected chi connectivity index (χ3v) is 4.44. The van der Waals surface area contributed by atoms with Crippen molar-refractivity contribution in [2.45, 2.75) is 20.3 Å². The molecule has 3 rings (SSSR count). The van der Waals surface area contributed by atoms with Crippen LogP contribution in [0.5, 0.6) is 5.75 Å². The van der Waals surface area contributed by atoms with Crippen LogP contribution in [0.4, 0.5) is 5.69 Å². The number of pyridine rings is 1. The Balaban J connectivity index is 2.11. The number of hydrogen-bond donors (Lipinski definition) is 1. The number of aromatic nitrogens is 1. The minimum absolute atomic E-state index is 0.202. The van der Waals surface area contributed by atoms with E-state index in [-0.39, 0.29) is 5.91 Å². The highest BCUT2D eigenvalue weighted by molar-refractivity contribution is 6.31. The molecule has 128 valence electrons. The van der Waals surface area contributed by atoms with Crippen LogP contribution in [0, 0.1) is 6.92 Å². The molecule has 1 aromatic heterocycles.